The molecule has 6 nitrogen and oxygen atoms in total. The van der Waals surface area contributed by atoms with Crippen molar-refractivity contribution >= 4 is 6.09 Å². The lowest BCUT2D eigenvalue weighted by Crippen LogP contribution is -2.34. The lowest BCUT2D eigenvalue weighted by Gasteiger charge is -2.22. The Kier molecular flexibility index (Phi) is 6.01. The van der Waals surface area contributed by atoms with Crippen molar-refractivity contribution < 1.29 is 14.3 Å². The molecule has 20 heavy (non-hydrogen) atoms. The third-order valence-electron chi connectivity index (χ3n) is 2.67. The summed E-state index contributed by atoms with van der Waals surface area (Å²) in [6.07, 6.45) is 4.00. The van der Waals surface area contributed by atoms with Gasteiger partial charge in [-0.15, -0.1) is 0 Å². The Morgan fingerprint density at radius 2 is 2.20 bits per heavy atom. The molecule has 0 radical (unpaired) electrons. The van der Waals surface area contributed by atoms with Gasteiger partial charge >= 0.3 is 6.09 Å². The minimum absolute atomic E-state index is 0.158. The lowest BCUT2D eigenvalue weighted by atomic mass is 10.2. The van der Waals surface area contributed by atoms with E-state index in [0.717, 1.165) is 18.7 Å². The molecular weight excluding hydrogens is 258 g/mol. The minimum atomic E-state index is -0.498. The van der Waals surface area contributed by atoms with Crippen molar-refractivity contribution in [1.29, 1.82) is 0 Å². The summed E-state index contributed by atoms with van der Waals surface area (Å²) < 4.78 is 12.3. The van der Waals surface area contributed by atoms with Crippen LogP contribution in [0, 0.1) is 0 Å². The van der Waals surface area contributed by atoms with Crippen LogP contribution in [0.2, 0.25) is 0 Å². The quantitative estimate of drug-likeness (QED) is 0.815. The Balaban J connectivity index is 2.57. The maximum absolute atomic E-state index is 11.8. The molecule has 0 aromatic carbocycles. The van der Waals surface area contributed by atoms with Gasteiger partial charge in [0.05, 0.1) is 24.3 Å². The summed E-state index contributed by atoms with van der Waals surface area (Å²) in [4.78, 5) is 15.9. The maximum Gasteiger partial charge on any atom is 0.408 e. The number of aryl methyl sites for hydroxylation is 1. The van der Waals surface area contributed by atoms with Crippen LogP contribution >= 0.6 is 0 Å². The van der Waals surface area contributed by atoms with Gasteiger partial charge in [-0.2, -0.15) is 0 Å². The van der Waals surface area contributed by atoms with Gasteiger partial charge in [0.15, 0.2) is 0 Å². The molecule has 1 rings (SSSR count). The number of hydrogen-bond acceptors (Lipinski definition) is 4. The molecule has 0 fully saturated rings. The first kappa shape index (κ1) is 16.5. The third kappa shape index (κ3) is 5.61. The average molecular weight is 283 g/mol. The summed E-state index contributed by atoms with van der Waals surface area (Å²) in [6, 6.07) is -0.158. The van der Waals surface area contributed by atoms with Crippen molar-refractivity contribution in [3.05, 3.63) is 18.2 Å². The molecule has 0 aliphatic carbocycles. The normalized spacial score (nSPS) is 13.1. The van der Waals surface area contributed by atoms with E-state index in [1.165, 1.54) is 0 Å². The van der Waals surface area contributed by atoms with E-state index in [-0.39, 0.29) is 6.04 Å². The second-order valence-corrected chi connectivity index (χ2v) is 5.73. The highest BCUT2D eigenvalue weighted by molar-refractivity contribution is 5.68. The first-order chi connectivity index (χ1) is 9.33. The zero-order valence-corrected chi connectivity index (χ0v) is 13.0. The van der Waals surface area contributed by atoms with Gasteiger partial charge in [-0.05, 0) is 34.1 Å². The van der Waals surface area contributed by atoms with E-state index >= 15 is 0 Å². The predicted molar refractivity (Wildman–Crippen MR) is 76.5 cm³/mol. The highest BCUT2D eigenvalue weighted by Crippen LogP contribution is 2.14. The van der Waals surface area contributed by atoms with E-state index in [4.69, 9.17) is 9.47 Å². The highest BCUT2D eigenvalue weighted by atomic mass is 16.6. The zero-order valence-electron chi connectivity index (χ0n) is 13.0. The average Bonchev–Trinajstić information content (AvgIpc) is 2.75. The van der Waals surface area contributed by atoms with Crippen LogP contribution in [0.1, 0.15) is 45.9 Å². The molecule has 0 unspecified atom stereocenters. The minimum Gasteiger partial charge on any atom is -0.444 e. The van der Waals surface area contributed by atoms with Gasteiger partial charge in [-0.25, -0.2) is 9.78 Å². The number of rotatable bonds is 6. The number of aromatic nitrogens is 2. The van der Waals surface area contributed by atoms with Crippen molar-refractivity contribution in [3.8, 4) is 0 Å². The van der Waals surface area contributed by atoms with Gasteiger partial charge in [-0.1, -0.05) is 0 Å². The van der Waals surface area contributed by atoms with Crippen molar-refractivity contribution in [2.75, 3.05) is 13.7 Å². The number of carbonyl (C=O) groups excluding carboxylic acids is 1. The summed E-state index contributed by atoms with van der Waals surface area (Å²) in [5.74, 6) is 0. The van der Waals surface area contributed by atoms with Crippen molar-refractivity contribution in [1.82, 2.24) is 14.9 Å². The monoisotopic (exact) mass is 283 g/mol. The Bertz CT molecular complexity index is 424. The van der Waals surface area contributed by atoms with E-state index < -0.39 is 11.7 Å². The number of amides is 1. The molecule has 0 aliphatic rings. The fraction of sp³-hybridized carbons (Fsp3) is 0.714. The van der Waals surface area contributed by atoms with Gasteiger partial charge in [-0.3, -0.25) is 0 Å². The van der Waals surface area contributed by atoms with Crippen LogP contribution in [0.3, 0.4) is 0 Å². The number of ether oxygens (including phenoxy) is 2. The van der Waals surface area contributed by atoms with Crippen molar-refractivity contribution in [2.45, 2.75) is 52.3 Å². The van der Waals surface area contributed by atoms with Crippen LogP contribution in [-0.4, -0.2) is 35.0 Å². The third-order valence-corrected chi connectivity index (χ3v) is 2.67. The Labute approximate surface area is 120 Å². The fourth-order valence-electron chi connectivity index (χ4n) is 1.82. The van der Waals surface area contributed by atoms with Gasteiger partial charge in [0.2, 0.25) is 0 Å². The number of imidazole rings is 1. The van der Waals surface area contributed by atoms with Crippen LogP contribution in [-0.2, 0) is 16.0 Å². The van der Waals surface area contributed by atoms with E-state index in [1.807, 2.05) is 32.3 Å². The van der Waals surface area contributed by atoms with Crippen molar-refractivity contribution in [3.63, 3.8) is 0 Å². The number of nitrogens with zero attached hydrogens (tertiary/aromatic N) is 2. The van der Waals surface area contributed by atoms with Crippen molar-refractivity contribution in [2.24, 2.45) is 0 Å². The number of nitrogens with one attached hydrogen (secondary N) is 1. The SMILES string of the molecule is COCCCn1cncc1[C@@H](C)NC(=O)OC(C)(C)C. The second kappa shape index (κ2) is 7.28. The number of alkyl carbamates (subject to hydrolysis) is 1. The first-order valence-corrected chi connectivity index (χ1v) is 6.82. The smallest absolute Gasteiger partial charge is 0.408 e. The molecule has 1 N–H and O–H groups in total. The lowest BCUT2D eigenvalue weighted by molar-refractivity contribution is 0.0506. The summed E-state index contributed by atoms with van der Waals surface area (Å²) in [7, 11) is 1.68. The Hall–Kier alpha value is -1.56. The zero-order chi connectivity index (χ0) is 15.2. The van der Waals surface area contributed by atoms with Crippen LogP contribution in [0.15, 0.2) is 12.5 Å². The molecule has 0 saturated heterocycles. The molecule has 1 heterocycles. The second-order valence-electron chi connectivity index (χ2n) is 5.73. The molecule has 1 aromatic heterocycles. The molecule has 0 saturated carbocycles. The van der Waals surface area contributed by atoms with Gasteiger partial charge in [0, 0.05) is 20.3 Å². The molecule has 0 bridgehead atoms. The molecule has 1 atom stereocenters. The summed E-state index contributed by atoms with van der Waals surface area (Å²) in [5.41, 5.74) is 0.453. The highest BCUT2D eigenvalue weighted by Gasteiger charge is 2.19. The van der Waals surface area contributed by atoms with Gasteiger partial charge < -0.3 is 19.4 Å². The topological polar surface area (TPSA) is 65.4 Å². The fourth-order valence-corrected chi connectivity index (χ4v) is 1.82. The standard InChI is InChI=1S/C14H25N3O3/c1-11(16-13(18)20-14(2,3)4)12-9-15-10-17(12)7-6-8-19-5/h9-11H,6-8H2,1-5H3,(H,16,18)/t11-/m1/s1. The van der Waals surface area contributed by atoms with E-state index in [2.05, 4.69) is 10.3 Å². The predicted octanol–water partition coefficient (Wildman–Crippen LogP) is 2.51. The van der Waals surface area contributed by atoms with Gasteiger partial charge in [0.1, 0.15) is 5.60 Å². The molecule has 1 amide bonds. The van der Waals surface area contributed by atoms with Crippen LogP contribution < -0.4 is 5.32 Å². The number of hydrogen-bond donors (Lipinski definition) is 1. The largest absolute Gasteiger partial charge is 0.444 e. The van der Waals surface area contributed by atoms with Crippen LogP contribution in [0.5, 0.6) is 0 Å². The molecule has 0 spiro atoms. The van der Waals surface area contributed by atoms with Crippen LogP contribution in [0.25, 0.3) is 0 Å². The number of methoxy groups -OCH3 is 1. The Morgan fingerprint density at radius 3 is 2.80 bits per heavy atom. The Morgan fingerprint density at radius 1 is 1.50 bits per heavy atom. The van der Waals surface area contributed by atoms with Crippen LogP contribution in [0.4, 0.5) is 4.79 Å². The maximum atomic E-state index is 11.8. The van der Waals surface area contributed by atoms with E-state index in [9.17, 15) is 4.79 Å². The summed E-state index contributed by atoms with van der Waals surface area (Å²) >= 11 is 0. The molecular formula is C14H25N3O3. The summed E-state index contributed by atoms with van der Waals surface area (Å²) in [5, 5.41) is 2.82. The summed E-state index contributed by atoms with van der Waals surface area (Å²) in [6.45, 7) is 8.94. The molecule has 0 aliphatic heterocycles. The van der Waals surface area contributed by atoms with E-state index in [1.54, 1.807) is 19.6 Å². The van der Waals surface area contributed by atoms with Gasteiger partial charge in [0.25, 0.3) is 0 Å². The van der Waals surface area contributed by atoms with E-state index in [0.29, 0.717) is 6.61 Å². The molecule has 114 valence electrons. The first-order valence-electron chi connectivity index (χ1n) is 6.82. The number of carbonyl (C=O) groups is 1. The molecule has 6 heteroatoms. The molecule has 1 aromatic rings.